The fourth-order valence-corrected chi connectivity index (χ4v) is 0.714. The van der Waals surface area contributed by atoms with Gasteiger partial charge in [-0.05, 0) is 0 Å². The molecular formula is C6H10N4O2. The lowest BCUT2D eigenvalue weighted by Gasteiger charge is -1.92. The molecule has 1 heterocycles. The molecule has 0 aromatic carbocycles. The third-order valence-corrected chi connectivity index (χ3v) is 1.30. The van der Waals surface area contributed by atoms with Gasteiger partial charge in [-0.25, -0.2) is 4.98 Å². The molecule has 6 heteroatoms. The zero-order valence-electron chi connectivity index (χ0n) is 6.70. The number of esters is 1. The van der Waals surface area contributed by atoms with Crippen molar-refractivity contribution >= 4 is 5.97 Å². The summed E-state index contributed by atoms with van der Waals surface area (Å²) in [5.74, 6) is 0.617. The quantitative estimate of drug-likeness (QED) is 0.566. The maximum Gasteiger partial charge on any atom is 0.313 e. The van der Waals surface area contributed by atoms with Crippen LogP contribution in [0, 0.1) is 0 Å². The molecule has 1 aromatic rings. The molecule has 0 radical (unpaired) electrons. The van der Waals surface area contributed by atoms with Crippen LogP contribution in [-0.4, -0.2) is 28.3 Å². The highest BCUT2D eigenvalue weighted by atomic mass is 16.5. The van der Waals surface area contributed by atoms with Crippen LogP contribution < -0.4 is 5.73 Å². The van der Waals surface area contributed by atoms with Crippen LogP contribution in [0.2, 0.25) is 0 Å². The van der Waals surface area contributed by atoms with E-state index in [-0.39, 0.29) is 18.9 Å². The molecule has 1 rings (SSSR count). The second kappa shape index (κ2) is 3.82. The van der Waals surface area contributed by atoms with E-state index in [1.54, 1.807) is 0 Å². The van der Waals surface area contributed by atoms with Crippen molar-refractivity contribution in [2.24, 2.45) is 5.73 Å². The second-order valence-electron chi connectivity index (χ2n) is 2.16. The molecule has 12 heavy (non-hydrogen) atoms. The van der Waals surface area contributed by atoms with Crippen LogP contribution in [0.15, 0.2) is 0 Å². The molecule has 66 valence electrons. The summed E-state index contributed by atoms with van der Waals surface area (Å²) in [6.07, 6.45) is 0.101. The molecule has 0 saturated carbocycles. The molecule has 3 N–H and O–H groups in total. The lowest BCUT2D eigenvalue weighted by atomic mass is 10.4. The first-order valence-corrected chi connectivity index (χ1v) is 3.43. The van der Waals surface area contributed by atoms with Gasteiger partial charge in [0.1, 0.15) is 12.2 Å². The third-order valence-electron chi connectivity index (χ3n) is 1.30. The van der Waals surface area contributed by atoms with E-state index in [4.69, 9.17) is 5.73 Å². The summed E-state index contributed by atoms with van der Waals surface area (Å²) in [4.78, 5) is 14.7. The van der Waals surface area contributed by atoms with Gasteiger partial charge < -0.3 is 10.5 Å². The van der Waals surface area contributed by atoms with Crippen LogP contribution in [0.25, 0.3) is 0 Å². The topological polar surface area (TPSA) is 93.9 Å². The van der Waals surface area contributed by atoms with E-state index in [9.17, 15) is 4.79 Å². The lowest BCUT2D eigenvalue weighted by Crippen LogP contribution is -2.06. The molecule has 0 fully saturated rings. The average molecular weight is 170 g/mol. The molecule has 0 atom stereocenters. The monoisotopic (exact) mass is 170 g/mol. The van der Waals surface area contributed by atoms with E-state index in [2.05, 4.69) is 19.9 Å². The molecule has 0 spiro atoms. The Morgan fingerprint density at radius 2 is 2.50 bits per heavy atom. The van der Waals surface area contributed by atoms with Crippen LogP contribution in [0.4, 0.5) is 0 Å². The summed E-state index contributed by atoms with van der Waals surface area (Å²) in [5.41, 5.74) is 5.27. The highest BCUT2D eigenvalue weighted by molar-refractivity contribution is 5.71. The fourth-order valence-electron chi connectivity index (χ4n) is 0.714. The summed E-state index contributed by atoms with van der Waals surface area (Å²) in [5, 5.41) is 6.33. The number of H-pyrrole nitrogens is 1. The Morgan fingerprint density at radius 1 is 1.75 bits per heavy atom. The summed E-state index contributed by atoms with van der Waals surface area (Å²) < 4.78 is 4.44. The number of hydrogen-bond acceptors (Lipinski definition) is 5. The van der Waals surface area contributed by atoms with Gasteiger partial charge in [-0.1, -0.05) is 0 Å². The maximum absolute atomic E-state index is 10.7. The molecule has 0 unspecified atom stereocenters. The van der Waals surface area contributed by atoms with Gasteiger partial charge in [0.2, 0.25) is 0 Å². The molecule has 0 aliphatic carbocycles. The average Bonchev–Trinajstić information content (AvgIpc) is 2.52. The van der Waals surface area contributed by atoms with Crippen LogP contribution in [-0.2, 0) is 22.5 Å². The van der Waals surface area contributed by atoms with Gasteiger partial charge in [0.25, 0.3) is 0 Å². The van der Waals surface area contributed by atoms with Crippen molar-refractivity contribution in [3.8, 4) is 0 Å². The first kappa shape index (κ1) is 8.66. The summed E-state index contributed by atoms with van der Waals surface area (Å²) in [6.45, 7) is 0.262. The van der Waals surface area contributed by atoms with E-state index in [1.807, 2.05) is 0 Å². The number of methoxy groups -OCH3 is 1. The highest BCUT2D eigenvalue weighted by Crippen LogP contribution is 1.93. The minimum absolute atomic E-state index is 0.101. The van der Waals surface area contributed by atoms with Gasteiger partial charge in [0.15, 0.2) is 5.82 Å². The minimum atomic E-state index is -0.352. The molecule has 0 aliphatic rings. The Kier molecular flexibility index (Phi) is 2.76. The summed E-state index contributed by atoms with van der Waals surface area (Å²) >= 11 is 0. The Morgan fingerprint density at radius 3 is 3.00 bits per heavy atom. The second-order valence-corrected chi connectivity index (χ2v) is 2.16. The van der Waals surface area contributed by atoms with Crippen molar-refractivity contribution in [1.29, 1.82) is 0 Å². The number of rotatable bonds is 3. The van der Waals surface area contributed by atoms with Gasteiger partial charge in [-0.2, -0.15) is 5.10 Å². The van der Waals surface area contributed by atoms with E-state index in [1.165, 1.54) is 7.11 Å². The SMILES string of the molecule is COC(=O)Cc1nc(CN)n[nH]1. The lowest BCUT2D eigenvalue weighted by molar-refractivity contribution is -0.139. The number of ether oxygens (including phenoxy) is 1. The Balaban J connectivity index is 2.58. The zero-order chi connectivity index (χ0) is 8.97. The normalized spacial score (nSPS) is 9.83. The smallest absolute Gasteiger partial charge is 0.313 e. The van der Waals surface area contributed by atoms with E-state index < -0.39 is 0 Å². The molecule has 0 bridgehead atoms. The van der Waals surface area contributed by atoms with Gasteiger partial charge in [0.05, 0.1) is 13.7 Å². The van der Waals surface area contributed by atoms with Gasteiger partial charge in [-0.3, -0.25) is 9.89 Å². The number of hydrogen-bond donors (Lipinski definition) is 2. The largest absolute Gasteiger partial charge is 0.469 e. The van der Waals surface area contributed by atoms with Gasteiger partial charge in [0, 0.05) is 0 Å². The van der Waals surface area contributed by atoms with E-state index in [0.717, 1.165) is 0 Å². The molecule has 1 aromatic heterocycles. The third kappa shape index (κ3) is 2.03. The van der Waals surface area contributed by atoms with Crippen molar-refractivity contribution in [3.05, 3.63) is 11.6 Å². The van der Waals surface area contributed by atoms with Gasteiger partial charge in [-0.15, -0.1) is 0 Å². The Bertz CT molecular complexity index is 270. The summed E-state index contributed by atoms with van der Waals surface area (Å²) in [6, 6.07) is 0. The van der Waals surface area contributed by atoms with Crippen LogP contribution in [0.5, 0.6) is 0 Å². The van der Waals surface area contributed by atoms with Crippen molar-refractivity contribution in [3.63, 3.8) is 0 Å². The van der Waals surface area contributed by atoms with E-state index >= 15 is 0 Å². The van der Waals surface area contributed by atoms with Crippen molar-refractivity contribution in [2.75, 3.05) is 7.11 Å². The number of nitrogens with zero attached hydrogens (tertiary/aromatic N) is 2. The van der Waals surface area contributed by atoms with Crippen molar-refractivity contribution in [1.82, 2.24) is 15.2 Å². The molecule has 6 nitrogen and oxygen atoms in total. The molecule has 0 amide bonds. The number of nitrogens with two attached hydrogens (primary N) is 1. The molecule has 0 saturated heterocycles. The highest BCUT2D eigenvalue weighted by Gasteiger charge is 2.06. The van der Waals surface area contributed by atoms with Crippen LogP contribution >= 0.6 is 0 Å². The summed E-state index contributed by atoms with van der Waals surface area (Å²) in [7, 11) is 1.32. The number of carbonyl (C=O) groups excluding carboxylic acids is 1. The van der Waals surface area contributed by atoms with Gasteiger partial charge >= 0.3 is 5.97 Å². The maximum atomic E-state index is 10.7. The molecular weight excluding hydrogens is 160 g/mol. The predicted molar refractivity (Wildman–Crippen MR) is 40.0 cm³/mol. The first-order valence-electron chi connectivity index (χ1n) is 3.43. The standard InChI is InChI=1S/C6H10N4O2/c1-12-6(11)2-4-8-5(3-7)10-9-4/h2-3,7H2,1H3,(H,8,9,10). The number of aromatic amines is 1. The van der Waals surface area contributed by atoms with E-state index in [0.29, 0.717) is 11.6 Å². The Labute approximate surface area is 69.1 Å². The number of carbonyl (C=O) groups is 1. The number of nitrogens with one attached hydrogen (secondary N) is 1. The zero-order valence-corrected chi connectivity index (χ0v) is 6.70. The molecule has 0 aliphatic heterocycles. The number of aromatic nitrogens is 3. The first-order chi connectivity index (χ1) is 5.76. The van der Waals surface area contributed by atoms with Crippen LogP contribution in [0.3, 0.4) is 0 Å². The van der Waals surface area contributed by atoms with Crippen molar-refractivity contribution in [2.45, 2.75) is 13.0 Å². The fraction of sp³-hybridized carbons (Fsp3) is 0.500. The predicted octanol–water partition coefficient (Wildman–Crippen LogP) is -1.02. The minimum Gasteiger partial charge on any atom is -0.469 e. The Hall–Kier alpha value is -1.43. The van der Waals surface area contributed by atoms with Crippen LogP contribution in [0.1, 0.15) is 11.6 Å². The van der Waals surface area contributed by atoms with Crippen molar-refractivity contribution < 1.29 is 9.53 Å².